The molecule has 1 saturated heterocycles. The summed E-state index contributed by atoms with van der Waals surface area (Å²) in [4.78, 5) is 12.6. The lowest BCUT2D eigenvalue weighted by atomic mass is 10.1. The van der Waals surface area contributed by atoms with E-state index in [0.29, 0.717) is 0 Å². The number of carboxylic acids is 1. The highest BCUT2D eigenvalue weighted by atomic mass is 16.4. The molecule has 0 aromatic heterocycles. The average molecular weight is 172 g/mol. The topological polar surface area (TPSA) is 66.6 Å². The zero-order chi connectivity index (χ0) is 9.35. The molecule has 0 aliphatic carbocycles. The summed E-state index contributed by atoms with van der Waals surface area (Å²) in [5, 5.41) is 8.85. The van der Waals surface area contributed by atoms with Gasteiger partial charge in [0.05, 0.1) is 5.66 Å². The second-order valence-corrected chi connectivity index (χ2v) is 3.84. The lowest BCUT2D eigenvalue weighted by Crippen LogP contribution is -2.55. The Bertz CT molecular complexity index is 186. The normalized spacial score (nSPS) is 26.1. The molecule has 0 unspecified atom stereocenters. The summed E-state index contributed by atoms with van der Waals surface area (Å²) in [5.41, 5.74) is 5.32. The van der Waals surface area contributed by atoms with E-state index in [1.54, 1.807) is 0 Å². The number of carbonyl (C=O) groups is 1. The molecule has 4 heteroatoms. The van der Waals surface area contributed by atoms with Crippen molar-refractivity contribution in [1.29, 1.82) is 0 Å². The Balaban J connectivity index is 2.71. The minimum absolute atomic E-state index is 0.384. The molecule has 1 heterocycles. The third-order valence-corrected chi connectivity index (χ3v) is 2.28. The third kappa shape index (κ3) is 1.76. The van der Waals surface area contributed by atoms with E-state index in [9.17, 15) is 4.79 Å². The van der Waals surface area contributed by atoms with Crippen LogP contribution in [0, 0.1) is 0 Å². The Labute approximate surface area is 72.3 Å². The van der Waals surface area contributed by atoms with Crippen LogP contribution in [0.4, 0.5) is 0 Å². The maximum atomic E-state index is 10.8. The number of nitrogens with zero attached hydrogens (tertiary/aromatic N) is 1. The summed E-state index contributed by atoms with van der Waals surface area (Å²) in [6.07, 6.45) is 1.65. The molecular weight excluding hydrogens is 156 g/mol. The van der Waals surface area contributed by atoms with E-state index in [0.717, 1.165) is 19.4 Å². The maximum absolute atomic E-state index is 10.8. The number of aliphatic carboxylic acids is 1. The van der Waals surface area contributed by atoms with Crippen molar-refractivity contribution in [3.8, 4) is 0 Å². The first-order chi connectivity index (χ1) is 5.43. The van der Waals surface area contributed by atoms with Crippen molar-refractivity contribution in [3.63, 3.8) is 0 Å². The lowest BCUT2D eigenvalue weighted by Gasteiger charge is -2.34. The molecule has 0 radical (unpaired) electrons. The molecule has 0 aromatic carbocycles. The van der Waals surface area contributed by atoms with Crippen LogP contribution in [-0.4, -0.2) is 34.2 Å². The van der Waals surface area contributed by atoms with Crippen LogP contribution in [0.1, 0.15) is 26.7 Å². The molecule has 3 N–H and O–H groups in total. The van der Waals surface area contributed by atoms with Gasteiger partial charge < -0.3 is 10.8 Å². The number of rotatable bonds is 2. The fourth-order valence-corrected chi connectivity index (χ4v) is 1.71. The molecule has 0 saturated carbocycles. The molecule has 1 rings (SSSR count). The standard InChI is InChI=1S/C8H16N2O2/c1-8(2,9)10-5-3-4-6(10)7(11)12/h6H,3-5,9H2,1-2H3,(H,11,12)/t6-/m0/s1. The Morgan fingerprint density at radius 1 is 1.67 bits per heavy atom. The number of carboxylic acid groups (broad SMARTS) is 1. The minimum Gasteiger partial charge on any atom is -0.480 e. The molecule has 1 aliphatic heterocycles. The molecule has 1 aliphatic rings. The van der Waals surface area contributed by atoms with Gasteiger partial charge in [0.15, 0.2) is 0 Å². The van der Waals surface area contributed by atoms with Gasteiger partial charge in [-0.1, -0.05) is 0 Å². The van der Waals surface area contributed by atoms with Gasteiger partial charge in [-0.05, 0) is 26.7 Å². The minimum atomic E-state index is -0.758. The first-order valence-corrected chi connectivity index (χ1v) is 4.21. The maximum Gasteiger partial charge on any atom is 0.320 e. The fraction of sp³-hybridized carbons (Fsp3) is 0.875. The van der Waals surface area contributed by atoms with E-state index in [1.807, 2.05) is 18.7 Å². The van der Waals surface area contributed by atoms with Gasteiger partial charge in [-0.15, -0.1) is 0 Å². The third-order valence-electron chi connectivity index (χ3n) is 2.28. The van der Waals surface area contributed by atoms with Gasteiger partial charge in [0, 0.05) is 6.54 Å². The quantitative estimate of drug-likeness (QED) is 0.625. The number of nitrogens with two attached hydrogens (primary N) is 1. The average Bonchev–Trinajstić information content (AvgIpc) is 2.30. The Hall–Kier alpha value is -0.610. The molecular formula is C8H16N2O2. The Morgan fingerprint density at radius 3 is 2.58 bits per heavy atom. The largest absolute Gasteiger partial charge is 0.480 e. The predicted molar refractivity (Wildman–Crippen MR) is 45.6 cm³/mol. The van der Waals surface area contributed by atoms with Gasteiger partial charge in [-0.2, -0.15) is 0 Å². The molecule has 70 valence electrons. The van der Waals surface area contributed by atoms with Crippen molar-refractivity contribution in [1.82, 2.24) is 4.90 Å². The van der Waals surface area contributed by atoms with E-state index in [-0.39, 0.29) is 6.04 Å². The van der Waals surface area contributed by atoms with Crippen molar-refractivity contribution >= 4 is 5.97 Å². The van der Waals surface area contributed by atoms with Crippen LogP contribution in [0.2, 0.25) is 0 Å². The molecule has 0 aromatic rings. The lowest BCUT2D eigenvalue weighted by molar-refractivity contribution is -0.144. The number of hydrogen-bond acceptors (Lipinski definition) is 3. The first-order valence-electron chi connectivity index (χ1n) is 4.21. The van der Waals surface area contributed by atoms with Crippen molar-refractivity contribution in [3.05, 3.63) is 0 Å². The highest BCUT2D eigenvalue weighted by Gasteiger charge is 2.37. The molecule has 1 atom stereocenters. The smallest absolute Gasteiger partial charge is 0.320 e. The number of likely N-dealkylation sites (tertiary alicyclic amines) is 1. The van der Waals surface area contributed by atoms with Gasteiger partial charge in [-0.3, -0.25) is 9.69 Å². The van der Waals surface area contributed by atoms with E-state index in [4.69, 9.17) is 10.8 Å². The van der Waals surface area contributed by atoms with Gasteiger partial charge in [0.25, 0.3) is 0 Å². The Kier molecular flexibility index (Phi) is 2.39. The van der Waals surface area contributed by atoms with Crippen LogP contribution < -0.4 is 5.73 Å². The van der Waals surface area contributed by atoms with Crippen LogP contribution in [0.5, 0.6) is 0 Å². The summed E-state index contributed by atoms with van der Waals surface area (Å²) in [7, 11) is 0. The highest BCUT2D eigenvalue weighted by Crippen LogP contribution is 2.23. The van der Waals surface area contributed by atoms with Crippen molar-refractivity contribution in [2.24, 2.45) is 5.73 Å². The van der Waals surface area contributed by atoms with Crippen molar-refractivity contribution in [2.75, 3.05) is 6.54 Å². The summed E-state index contributed by atoms with van der Waals surface area (Å²) < 4.78 is 0. The van der Waals surface area contributed by atoms with E-state index in [2.05, 4.69) is 0 Å². The number of hydrogen-bond donors (Lipinski definition) is 2. The van der Waals surface area contributed by atoms with Crippen molar-refractivity contribution < 1.29 is 9.90 Å². The molecule has 0 spiro atoms. The second kappa shape index (κ2) is 3.03. The van der Waals surface area contributed by atoms with Gasteiger partial charge in [-0.25, -0.2) is 0 Å². The van der Waals surface area contributed by atoms with Gasteiger partial charge in [0.1, 0.15) is 6.04 Å². The SMILES string of the molecule is CC(C)(N)N1CCC[C@H]1C(=O)O. The fourth-order valence-electron chi connectivity index (χ4n) is 1.71. The molecule has 12 heavy (non-hydrogen) atoms. The summed E-state index contributed by atoms with van der Waals surface area (Å²) >= 11 is 0. The van der Waals surface area contributed by atoms with E-state index < -0.39 is 11.6 Å². The molecule has 0 bridgehead atoms. The monoisotopic (exact) mass is 172 g/mol. The van der Waals surface area contributed by atoms with Crippen LogP contribution in [0.15, 0.2) is 0 Å². The van der Waals surface area contributed by atoms with Crippen LogP contribution in [0.3, 0.4) is 0 Å². The summed E-state index contributed by atoms with van der Waals surface area (Å²) in [6, 6.07) is -0.384. The highest BCUT2D eigenvalue weighted by molar-refractivity contribution is 5.73. The summed E-state index contributed by atoms with van der Waals surface area (Å²) in [6.45, 7) is 4.48. The zero-order valence-electron chi connectivity index (χ0n) is 7.58. The van der Waals surface area contributed by atoms with Crippen molar-refractivity contribution in [2.45, 2.75) is 38.4 Å². The van der Waals surface area contributed by atoms with Crippen LogP contribution >= 0.6 is 0 Å². The van der Waals surface area contributed by atoms with Crippen LogP contribution in [-0.2, 0) is 4.79 Å². The van der Waals surface area contributed by atoms with Gasteiger partial charge in [0.2, 0.25) is 0 Å². The zero-order valence-corrected chi connectivity index (χ0v) is 7.58. The second-order valence-electron chi connectivity index (χ2n) is 3.84. The molecule has 4 nitrogen and oxygen atoms in total. The van der Waals surface area contributed by atoms with Crippen LogP contribution in [0.25, 0.3) is 0 Å². The Morgan fingerprint density at radius 2 is 2.25 bits per heavy atom. The predicted octanol–water partition coefficient (Wildman–Crippen LogP) is 0.230. The molecule has 1 fully saturated rings. The van der Waals surface area contributed by atoms with E-state index >= 15 is 0 Å². The summed E-state index contributed by atoms with van der Waals surface area (Å²) in [5.74, 6) is -0.758. The molecule has 0 amide bonds. The first kappa shape index (κ1) is 9.48. The van der Waals surface area contributed by atoms with E-state index in [1.165, 1.54) is 0 Å². The van der Waals surface area contributed by atoms with Gasteiger partial charge >= 0.3 is 5.97 Å².